The van der Waals surface area contributed by atoms with Crippen molar-refractivity contribution < 1.29 is 91.1 Å². The van der Waals surface area contributed by atoms with Crippen LogP contribution >= 0.6 is 40.4 Å². The molecule has 0 radical (unpaired) electrons. The van der Waals surface area contributed by atoms with Gasteiger partial charge in [-0.05, 0) is 189 Å². The van der Waals surface area contributed by atoms with Crippen LogP contribution in [-0.2, 0) is 41.6 Å². The molecule has 10 aromatic carbocycles. The summed E-state index contributed by atoms with van der Waals surface area (Å²) in [5, 5.41) is 35.5. The molecule has 2 fully saturated rings. The summed E-state index contributed by atoms with van der Waals surface area (Å²) in [5.74, 6) is -3.82. The third kappa shape index (κ3) is 23.8. The Bertz CT molecular complexity index is 4700. The fourth-order valence-electron chi connectivity index (χ4n) is 9.27. The third-order valence-corrected chi connectivity index (χ3v) is 15.8. The summed E-state index contributed by atoms with van der Waals surface area (Å²) in [5.41, 5.74) is 11.3. The Hall–Kier alpha value is -12.1. The molecule has 12 rings (SSSR count). The van der Waals surface area contributed by atoms with Crippen molar-refractivity contribution >= 4 is 124 Å². The lowest BCUT2D eigenvalue weighted by Crippen LogP contribution is -2.29. The van der Waals surface area contributed by atoms with Crippen LogP contribution in [0.2, 0.25) is 0 Å². The lowest BCUT2D eigenvalue weighted by Gasteiger charge is -2.12. The highest BCUT2D eigenvalue weighted by molar-refractivity contribution is 9.10. The highest BCUT2D eigenvalue weighted by Crippen LogP contribution is 2.27. The summed E-state index contributed by atoms with van der Waals surface area (Å²) in [6, 6.07) is 66.9. The Morgan fingerprint density at radius 1 is 0.485 bits per heavy atom. The molecule has 2 heterocycles. The summed E-state index contributed by atoms with van der Waals surface area (Å²) in [6.07, 6.45) is 4.03. The molecule has 4 N–H and O–H groups in total. The van der Waals surface area contributed by atoms with Crippen molar-refractivity contribution in [2.75, 3.05) is 20.8 Å². The molecule has 2 aliphatic heterocycles. The number of aldehydes is 3. The maximum Gasteiger partial charge on any atom is 0.488 e. The predicted molar refractivity (Wildman–Crippen MR) is 393 cm³/mol. The zero-order valence-electron chi connectivity index (χ0n) is 54.5. The van der Waals surface area contributed by atoms with Crippen LogP contribution in [-0.4, -0.2) is 123 Å². The van der Waals surface area contributed by atoms with E-state index in [0.717, 1.165) is 73.4 Å². The van der Waals surface area contributed by atoms with E-state index in [2.05, 4.69) is 25.4 Å². The minimum Gasteiger partial charge on any atom is -0.478 e. The number of amides is 2. The summed E-state index contributed by atoms with van der Waals surface area (Å²) in [6.45, 7) is 0.517. The molecule has 0 aliphatic carbocycles. The normalized spacial score (nSPS) is 12.0. The topological polar surface area (TPSA) is 278 Å². The van der Waals surface area contributed by atoms with Gasteiger partial charge in [-0.3, -0.25) is 33.8 Å². The first-order chi connectivity index (χ1) is 49.5. The summed E-state index contributed by atoms with van der Waals surface area (Å²) in [7, 11) is 1.13. The van der Waals surface area contributed by atoms with Crippen LogP contribution in [0.1, 0.15) is 89.2 Å². The number of rotatable bonds is 16. The van der Waals surface area contributed by atoms with Gasteiger partial charge in [0, 0.05) is 21.2 Å². The Morgan fingerprint density at radius 2 is 0.854 bits per heavy atom. The number of esters is 2. The molecule has 2 amide bonds. The number of carboxylic acids is 2. The largest absolute Gasteiger partial charge is 0.488 e. The van der Waals surface area contributed by atoms with Gasteiger partial charge in [-0.15, -0.1) is 0 Å². The van der Waals surface area contributed by atoms with E-state index in [0.29, 0.717) is 39.8 Å². The number of halogens is 3. The molecule has 0 bridgehead atoms. The number of thiocarbonyl (C=S) groups is 2. The number of carbonyl (C=O) groups excluding carboxylic acids is 7. The van der Waals surface area contributed by atoms with Crippen molar-refractivity contribution in [1.82, 2.24) is 9.80 Å². The van der Waals surface area contributed by atoms with Crippen LogP contribution < -0.4 is 5.46 Å². The van der Waals surface area contributed by atoms with Gasteiger partial charge in [0.05, 0.1) is 49.6 Å². The molecule has 2 aliphatic rings. The second-order valence-electron chi connectivity index (χ2n) is 21.7. The Labute approximate surface area is 608 Å². The molecule has 19 nitrogen and oxygen atoms in total. The van der Waals surface area contributed by atoms with Crippen molar-refractivity contribution in [3.05, 3.63) is 320 Å². The van der Waals surface area contributed by atoms with E-state index in [1.165, 1.54) is 84.7 Å². The number of carbonyl (C=O) groups is 9. The molecule has 0 spiro atoms. The third-order valence-electron chi connectivity index (χ3n) is 14.6. The van der Waals surface area contributed by atoms with E-state index in [9.17, 15) is 51.9 Å². The van der Waals surface area contributed by atoms with Crippen LogP contribution in [0.3, 0.4) is 0 Å². The molecular formula is C78H60BBrF2N2O17S2. The van der Waals surface area contributed by atoms with E-state index >= 15 is 0 Å². The first-order valence-corrected chi connectivity index (χ1v) is 32.1. The van der Waals surface area contributed by atoms with Gasteiger partial charge >= 0.3 is 31.0 Å². The number of aromatic carboxylic acids is 2. The highest BCUT2D eigenvalue weighted by atomic mass is 79.9. The van der Waals surface area contributed by atoms with Crippen LogP contribution in [0.4, 0.5) is 8.78 Å². The SMILES string of the molecule is COC(=O)c1ccc(-c2cccc(C=O)c2)cc1.COC(=O)c1ccc(B(O)O)cc1.O=C(O)c1ccc(-c2cccc(/C=C3\OC(=S)N(Cc4ccc(F)cc4)C3=O)c2)cc1.O=C1COC(=S)N1Cc1ccc(F)cc1.O=Cc1cccc(-c2ccc(C(=O)O)cc2)c1.O=Cc1cccc(Br)c1. The quantitative estimate of drug-likeness (QED) is 0.0230. The predicted octanol–water partition coefficient (Wildman–Crippen LogP) is 13.6. The van der Waals surface area contributed by atoms with E-state index in [4.69, 9.17) is 54.2 Å². The van der Waals surface area contributed by atoms with Crippen molar-refractivity contribution in [3.63, 3.8) is 0 Å². The van der Waals surface area contributed by atoms with Crippen LogP contribution in [0, 0.1) is 11.6 Å². The van der Waals surface area contributed by atoms with Gasteiger partial charge in [-0.1, -0.05) is 155 Å². The standard InChI is InChI=1S/C24H16FNO4S.C15H12O3.C14H10O3.C10H8FNO2S.C8H9BO4.C7H5BrO/c25-20-10-4-15(5-11-20)14-26-22(27)21(30-24(26)31)13-16-2-1-3-19(12-16)17-6-8-18(9-7-17)23(28)29;1-18-15(17)13-7-5-12(6-8-13)14-4-2-3-11(9-14)10-16;15-9-10-2-1-3-13(8-10)11-4-6-12(7-5-11)14(16)17;11-8-3-1-7(2-4-8)5-12-9(13)6-14-10(12)15;1-13-8(10)6-2-4-7(5-3-6)9(11)12;8-7-3-1-2-6(4-7)5-9/h1-13H,14H2,(H,28,29);2-10H,1H3;1-9H,(H,16,17);1-4H,5-6H2;2-5,11-12H,1H3;1-5H/b21-13-;;;;;. The lowest BCUT2D eigenvalue weighted by atomic mass is 9.80. The Kier molecular flexibility index (Phi) is 29.6. The van der Waals surface area contributed by atoms with Crippen molar-refractivity contribution in [2.24, 2.45) is 0 Å². The summed E-state index contributed by atoms with van der Waals surface area (Å²) < 4.78 is 46.2. The number of nitrogens with zero attached hydrogens (tertiary/aromatic N) is 2. The van der Waals surface area contributed by atoms with E-state index in [1.54, 1.807) is 121 Å². The van der Waals surface area contributed by atoms with Gasteiger partial charge in [-0.2, -0.15) is 0 Å². The first kappa shape index (κ1) is 78.2. The molecular weight excluding hydrogens is 1430 g/mol. The molecule has 2 saturated heterocycles. The molecule has 0 aromatic heterocycles. The Morgan fingerprint density at radius 3 is 1.21 bits per heavy atom. The fraction of sp³-hybridized carbons (Fsp3) is 0.0641. The molecule has 0 unspecified atom stereocenters. The number of benzene rings is 10. The monoisotopic (exact) mass is 1490 g/mol. The second kappa shape index (κ2) is 39.0. The van der Waals surface area contributed by atoms with E-state index in [1.807, 2.05) is 66.7 Å². The maximum absolute atomic E-state index is 13.1. The zero-order valence-corrected chi connectivity index (χ0v) is 57.8. The van der Waals surface area contributed by atoms with Crippen LogP contribution in [0.25, 0.3) is 39.5 Å². The number of hydrogen-bond donors (Lipinski definition) is 4. The Balaban J connectivity index is 0.000000181. The molecule has 520 valence electrons. The minimum atomic E-state index is -1.51. The van der Waals surface area contributed by atoms with Gasteiger partial charge in [-0.25, -0.2) is 28.0 Å². The van der Waals surface area contributed by atoms with Gasteiger partial charge in [0.15, 0.2) is 12.4 Å². The lowest BCUT2D eigenvalue weighted by molar-refractivity contribution is -0.126. The number of carboxylic acid groups (broad SMARTS) is 2. The highest BCUT2D eigenvalue weighted by Gasteiger charge is 2.33. The molecule has 10 aromatic rings. The summed E-state index contributed by atoms with van der Waals surface area (Å²) >= 11 is 13.3. The maximum atomic E-state index is 13.1. The molecule has 25 heteroatoms. The van der Waals surface area contributed by atoms with E-state index < -0.39 is 25.0 Å². The molecule has 0 atom stereocenters. The minimum absolute atomic E-state index is 0.0000278. The number of hydrogen-bond acceptors (Lipinski definition) is 17. The average Bonchev–Trinajstić information content (AvgIpc) is 1.75. The van der Waals surface area contributed by atoms with Gasteiger partial charge in [0.25, 0.3) is 22.2 Å². The number of ether oxygens (including phenoxy) is 4. The van der Waals surface area contributed by atoms with Gasteiger partial charge < -0.3 is 39.2 Å². The van der Waals surface area contributed by atoms with Crippen molar-refractivity contribution in [3.8, 4) is 33.4 Å². The van der Waals surface area contributed by atoms with Gasteiger partial charge in [0.1, 0.15) is 30.5 Å². The average molecular weight is 1490 g/mol. The van der Waals surface area contributed by atoms with Gasteiger partial charge in [0.2, 0.25) is 0 Å². The van der Waals surface area contributed by atoms with Crippen molar-refractivity contribution in [2.45, 2.75) is 13.1 Å². The number of methoxy groups -OCH3 is 2. The first-order valence-electron chi connectivity index (χ1n) is 30.5. The van der Waals surface area contributed by atoms with Crippen LogP contribution in [0.5, 0.6) is 0 Å². The smallest absolute Gasteiger partial charge is 0.478 e. The molecule has 0 saturated carbocycles. The molecule has 103 heavy (non-hydrogen) atoms. The summed E-state index contributed by atoms with van der Waals surface area (Å²) in [4.78, 5) is 102. The fourth-order valence-corrected chi connectivity index (χ4v) is 10.2. The van der Waals surface area contributed by atoms with E-state index in [-0.39, 0.29) is 69.8 Å². The second-order valence-corrected chi connectivity index (χ2v) is 23.3. The van der Waals surface area contributed by atoms with Crippen molar-refractivity contribution in [1.29, 1.82) is 0 Å². The zero-order chi connectivity index (χ0) is 74.5. The van der Waals surface area contributed by atoms with Crippen LogP contribution in [0.15, 0.2) is 253 Å².